The minimum Gasteiger partial charge on any atom is -0.355 e. The molecule has 0 radical (unpaired) electrons. The quantitative estimate of drug-likeness (QED) is 0.390. The summed E-state index contributed by atoms with van der Waals surface area (Å²) in [5.74, 6) is 0.851. The van der Waals surface area contributed by atoms with Crippen molar-refractivity contribution in [1.29, 1.82) is 0 Å². The van der Waals surface area contributed by atoms with Crippen molar-refractivity contribution in [2.45, 2.75) is 59.4 Å². The smallest absolute Gasteiger partial charge is 0.225 e. The fourth-order valence-electron chi connectivity index (χ4n) is 2.75. The number of hydrogen-bond acceptors (Lipinski definition) is 3. The van der Waals surface area contributed by atoms with Crippen LogP contribution in [0.5, 0.6) is 0 Å². The Labute approximate surface area is 147 Å². The first-order valence-corrected chi connectivity index (χ1v) is 9.15. The van der Waals surface area contributed by atoms with Gasteiger partial charge in [-0.2, -0.15) is 0 Å². The van der Waals surface area contributed by atoms with Crippen LogP contribution in [-0.2, 0) is 4.79 Å². The fraction of sp³-hybridized carbons (Fsp3) is 0.889. The molecular weight excluding hydrogens is 302 g/mol. The van der Waals surface area contributed by atoms with Gasteiger partial charge in [-0.15, -0.1) is 0 Å². The normalized spacial score (nSPS) is 17.5. The van der Waals surface area contributed by atoms with Crippen molar-refractivity contribution in [2.24, 2.45) is 10.4 Å². The molecule has 1 aliphatic rings. The van der Waals surface area contributed by atoms with E-state index in [0.717, 1.165) is 12.5 Å². The van der Waals surface area contributed by atoms with Crippen molar-refractivity contribution in [1.82, 2.24) is 20.9 Å². The summed E-state index contributed by atoms with van der Waals surface area (Å²) in [4.78, 5) is 18.6. The zero-order chi connectivity index (χ0) is 18.2. The molecule has 6 heteroatoms. The molecule has 0 atom stereocenters. The van der Waals surface area contributed by atoms with E-state index in [4.69, 9.17) is 0 Å². The molecule has 1 fully saturated rings. The maximum Gasteiger partial charge on any atom is 0.225 e. The highest BCUT2D eigenvalue weighted by atomic mass is 16.2. The van der Waals surface area contributed by atoms with E-state index in [0.29, 0.717) is 13.1 Å². The Morgan fingerprint density at radius 2 is 1.54 bits per heavy atom. The van der Waals surface area contributed by atoms with Gasteiger partial charge in [0.2, 0.25) is 5.91 Å². The summed E-state index contributed by atoms with van der Waals surface area (Å²) in [5, 5.41) is 9.60. The van der Waals surface area contributed by atoms with Gasteiger partial charge >= 0.3 is 0 Å². The Morgan fingerprint density at radius 1 is 0.958 bits per heavy atom. The molecule has 1 aliphatic heterocycles. The number of likely N-dealkylation sites (tertiary alicyclic amines) is 1. The molecule has 0 aromatic carbocycles. The number of nitrogens with zero attached hydrogens (tertiary/aromatic N) is 2. The molecule has 0 aromatic rings. The van der Waals surface area contributed by atoms with E-state index in [1.807, 2.05) is 20.8 Å². The minimum absolute atomic E-state index is 0.0680. The summed E-state index contributed by atoms with van der Waals surface area (Å²) < 4.78 is 0. The van der Waals surface area contributed by atoms with Gasteiger partial charge in [-0.1, -0.05) is 27.2 Å². The zero-order valence-electron chi connectivity index (χ0n) is 16.5. The topological polar surface area (TPSA) is 68.8 Å². The first-order chi connectivity index (χ1) is 11.2. The van der Waals surface area contributed by atoms with Gasteiger partial charge in [-0.25, -0.2) is 0 Å². The molecule has 1 rings (SSSR count). The maximum atomic E-state index is 11.8. The van der Waals surface area contributed by atoms with Gasteiger partial charge in [-0.3, -0.25) is 14.7 Å². The Hall–Kier alpha value is -1.30. The van der Waals surface area contributed by atoms with Crippen LogP contribution in [0, 0.1) is 5.41 Å². The second-order valence-electron chi connectivity index (χ2n) is 8.22. The van der Waals surface area contributed by atoms with E-state index < -0.39 is 0 Å². The van der Waals surface area contributed by atoms with Gasteiger partial charge in [-0.05, 0) is 39.8 Å². The molecule has 1 saturated heterocycles. The van der Waals surface area contributed by atoms with Crippen molar-refractivity contribution in [3.8, 4) is 0 Å². The summed E-state index contributed by atoms with van der Waals surface area (Å²) in [5.41, 5.74) is -0.239. The molecule has 0 bridgehead atoms. The van der Waals surface area contributed by atoms with Crippen molar-refractivity contribution in [2.75, 3.05) is 39.8 Å². The van der Waals surface area contributed by atoms with Crippen LogP contribution >= 0.6 is 0 Å². The van der Waals surface area contributed by atoms with Crippen LogP contribution in [0.25, 0.3) is 0 Å². The van der Waals surface area contributed by atoms with E-state index in [9.17, 15) is 4.79 Å². The van der Waals surface area contributed by atoms with E-state index in [-0.39, 0.29) is 16.9 Å². The van der Waals surface area contributed by atoms with Crippen LogP contribution in [0.4, 0.5) is 0 Å². The van der Waals surface area contributed by atoms with Crippen molar-refractivity contribution >= 4 is 11.9 Å². The van der Waals surface area contributed by atoms with Crippen LogP contribution < -0.4 is 16.0 Å². The molecule has 6 nitrogen and oxygen atoms in total. The lowest BCUT2D eigenvalue weighted by Gasteiger charge is -2.41. The Bertz CT molecular complexity index is 420. The number of rotatable bonds is 6. The lowest BCUT2D eigenvalue weighted by Crippen LogP contribution is -2.55. The molecule has 1 amide bonds. The lowest BCUT2D eigenvalue weighted by molar-refractivity contribution is -0.128. The largest absolute Gasteiger partial charge is 0.355 e. The highest BCUT2D eigenvalue weighted by Crippen LogP contribution is 2.19. The van der Waals surface area contributed by atoms with Gasteiger partial charge in [0, 0.05) is 37.6 Å². The third kappa shape index (κ3) is 7.07. The van der Waals surface area contributed by atoms with Gasteiger partial charge in [0.1, 0.15) is 0 Å². The van der Waals surface area contributed by atoms with Gasteiger partial charge in [0.15, 0.2) is 5.96 Å². The first kappa shape index (κ1) is 20.7. The molecule has 0 unspecified atom stereocenters. The van der Waals surface area contributed by atoms with Crippen molar-refractivity contribution < 1.29 is 4.79 Å². The molecular formula is C18H37N5O. The van der Waals surface area contributed by atoms with E-state index in [1.54, 1.807) is 7.05 Å². The monoisotopic (exact) mass is 339 g/mol. The van der Waals surface area contributed by atoms with E-state index in [1.165, 1.54) is 32.4 Å². The highest BCUT2D eigenvalue weighted by Gasteiger charge is 2.27. The highest BCUT2D eigenvalue weighted by molar-refractivity contribution is 5.81. The molecule has 0 saturated carbocycles. The van der Waals surface area contributed by atoms with Crippen LogP contribution in [-0.4, -0.2) is 62.1 Å². The standard InChI is InChI=1S/C18H37N5O/c1-17(2,3)15(24)20-10-11-21-16(19-6)22-14-18(4,5)23-12-8-7-9-13-23/h7-14H2,1-6H3,(H,20,24)(H2,19,21,22). The number of amides is 1. The summed E-state index contributed by atoms with van der Waals surface area (Å²) in [6.45, 7) is 14.8. The van der Waals surface area contributed by atoms with Crippen LogP contribution in [0.15, 0.2) is 4.99 Å². The van der Waals surface area contributed by atoms with Gasteiger partial charge < -0.3 is 16.0 Å². The minimum atomic E-state index is -0.349. The molecule has 1 heterocycles. The second-order valence-corrected chi connectivity index (χ2v) is 8.22. The number of guanidine groups is 1. The van der Waals surface area contributed by atoms with Crippen LogP contribution in [0.2, 0.25) is 0 Å². The van der Waals surface area contributed by atoms with Crippen molar-refractivity contribution in [3.63, 3.8) is 0 Å². The predicted octanol–water partition coefficient (Wildman–Crippen LogP) is 1.58. The van der Waals surface area contributed by atoms with E-state index >= 15 is 0 Å². The number of hydrogen-bond donors (Lipinski definition) is 3. The molecule has 3 N–H and O–H groups in total. The average molecular weight is 340 g/mol. The number of carbonyl (C=O) groups is 1. The third-order valence-electron chi connectivity index (χ3n) is 4.51. The van der Waals surface area contributed by atoms with Crippen molar-refractivity contribution in [3.05, 3.63) is 0 Å². The number of aliphatic imine (C=N–C) groups is 1. The number of nitrogens with one attached hydrogen (secondary N) is 3. The number of carbonyl (C=O) groups excluding carboxylic acids is 1. The zero-order valence-corrected chi connectivity index (χ0v) is 16.5. The fourth-order valence-corrected chi connectivity index (χ4v) is 2.75. The summed E-state index contributed by atoms with van der Waals surface area (Å²) in [7, 11) is 1.77. The SMILES string of the molecule is CN=C(NCCNC(=O)C(C)(C)C)NCC(C)(C)N1CCCCC1. The summed E-state index contributed by atoms with van der Waals surface area (Å²) in [6.07, 6.45) is 3.94. The molecule has 0 aromatic heterocycles. The Balaban J connectivity index is 2.31. The Morgan fingerprint density at radius 3 is 2.08 bits per heavy atom. The summed E-state index contributed by atoms with van der Waals surface area (Å²) in [6, 6.07) is 0. The average Bonchev–Trinajstić information content (AvgIpc) is 2.54. The summed E-state index contributed by atoms with van der Waals surface area (Å²) >= 11 is 0. The third-order valence-corrected chi connectivity index (χ3v) is 4.51. The molecule has 0 spiro atoms. The second kappa shape index (κ2) is 9.25. The van der Waals surface area contributed by atoms with Gasteiger partial charge in [0.25, 0.3) is 0 Å². The van der Waals surface area contributed by atoms with Crippen LogP contribution in [0.1, 0.15) is 53.9 Å². The lowest BCUT2D eigenvalue weighted by atomic mass is 9.96. The van der Waals surface area contributed by atoms with E-state index in [2.05, 4.69) is 39.7 Å². The van der Waals surface area contributed by atoms with Gasteiger partial charge in [0.05, 0.1) is 0 Å². The predicted molar refractivity (Wildman–Crippen MR) is 101 cm³/mol. The molecule has 140 valence electrons. The van der Waals surface area contributed by atoms with Crippen LogP contribution in [0.3, 0.4) is 0 Å². The Kier molecular flexibility index (Phi) is 8.00. The molecule has 0 aliphatic carbocycles. The molecule has 24 heavy (non-hydrogen) atoms. The number of piperidine rings is 1. The maximum absolute atomic E-state index is 11.8. The first-order valence-electron chi connectivity index (χ1n) is 9.15.